The van der Waals surface area contributed by atoms with Crippen LogP contribution in [0, 0.1) is 0 Å². The van der Waals surface area contributed by atoms with Crippen molar-refractivity contribution in [2.45, 2.75) is 25.7 Å². The Hall–Kier alpha value is -3.71. The third-order valence-electron chi connectivity index (χ3n) is 5.20. The maximum Gasteiger partial charge on any atom is 0.352 e. The summed E-state index contributed by atoms with van der Waals surface area (Å²) in [4.78, 5) is 34.9. The third kappa shape index (κ3) is 4.16. The summed E-state index contributed by atoms with van der Waals surface area (Å²) in [6.07, 6.45) is 9.71. The van der Waals surface area contributed by atoms with E-state index >= 15 is 0 Å². The van der Waals surface area contributed by atoms with Gasteiger partial charge in [0.2, 0.25) is 0 Å². The first-order valence-corrected chi connectivity index (χ1v) is 9.50. The van der Waals surface area contributed by atoms with E-state index < -0.39 is 22.9 Å². The molecule has 0 amide bonds. The Kier molecular flexibility index (Phi) is 6.13. The molecule has 7 heteroatoms. The number of carboxylic acid groups (broad SMARTS) is 1. The summed E-state index contributed by atoms with van der Waals surface area (Å²) < 4.78 is 0. The Morgan fingerprint density at radius 2 is 1.70 bits per heavy atom. The molecule has 0 spiro atoms. The predicted molar refractivity (Wildman–Crippen MR) is 115 cm³/mol. The van der Waals surface area contributed by atoms with E-state index in [9.17, 15) is 14.4 Å². The van der Waals surface area contributed by atoms with E-state index in [2.05, 4.69) is 48.6 Å². The lowest BCUT2D eigenvalue weighted by atomic mass is 9.87. The molecule has 0 unspecified atom stereocenters. The second kappa shape index (κ2) is 8.75. The number of aromatic carboxylic acids is 1. The van der Waals surface area contributed by atoms with Crippen LogP contribution in [0.2, 0.25) is 0 Å². The molecule has 7 nitrogen and oxygen atoms in total. The first kappa shape index (κ1) is 21.0. The summed E-state index contributed by atoms with van der Waals surface area (Å²) in [5.41, 5.74) is 3.88. The molecular weight excluding hydrogens is 384 g/mol. The van der Waals surface area contributed by atoms with Crippen LogP contribution in [0.4, 0.5) is 0 Å². The highest BCUT2D eigenvalue weighted by Crippen LogP contribution is 2.24. The van der Waals surface area contributed by atoms with Gasteiger partial charge in [0.25, 0.3) is 5.56 Å². The molecule has 30 heavy (non-hydrogen) atoms. The van der Waals surface area contributed by atoms with Crippen molar-refractivity contribution in [2.75, 3.05) is 0 Å². The van der Waals surface area contributed by atoms with E-state index in [1.165, 1.54) is 52.0 Å². The number of carboxylic acids is 1. The first-order chi connectivity index (χ1) is 14.0. The van der Waals surface area contributed by atoms with Gasteiger partial charge in [-0.05, 0) is 58.4 Å². The van der Waals surface area contributed by atoms with Crippen molar-refractivity contribution >= 4 is 18.1 Å². The molecule has 2 aliphatic carbocycles. The summed E-state index contributed by atoms with van der Waals surface area (Å²) in [6.45, 7) is 0. The first-order valence-electron chi connectivity index (χ1n) is 9.50. The molecule has 0 fully saturated rings. The average Bonchev–Trinajstić information content (AvgIpc) is 2.73. The van der Waals surface area contributed by atoms with Gasteiger partial charge in [-0.3, -0.25) is 9.78 Å². The zero-order chi connectivity index (χ0) is 20.4. The summed E-state index contributed by atoms with van der Waals surface area (Å²) in [7, 11) is 0. The lowest BCUT2D eigenvalue weighted by molar-refractivity contribution is 0.0689. The molecule has 3 aromatic rings. The van der Waals surface area contributed by atoms with Crippen molar-refractivity contribution in [3.05, 3.63) is 90.6 Å². The molecule has 5 N–H and O–H groups in total. The van der Waals surface area contributed by atoms with Crippen LogP contribution in [0.3, 0.4) is 0 Å². The Bertz CT molecular complexity index is 1310. The minimum atomic E-state index is -1.34. The van der Waals surface area contributed by atoms with Crippen LogP contribution in [0.1, 0.15) is 34.5 Å². The molecule has 0 saturated carbocycles. The average molecular weight is 406 g/mol. The number of benzene rings is 2. The molecular formula is C23H22N2O5. The predicted octanol–water partition coefficient (Wildman–Crippen LogP) is 0.744. The topological polar surface area (TPSA) is 135 Å². The van der Waals surface area contributed by atoms with E-state index in [-0.39, 0.29) is 5.48 Å². The smallest absolute Gasteiger partial charge is 0.352 e. The van der Waals surface area contributed by atoms with Crippen LogP contribution >= 0.6 is 0 Å². The van der Waals surface area contributed by atoms with Gasteiger partial charge in [-0.2, -0.15) is 0 Å². The normalized spacial score (nSPS) is 12.9. The van der Waals surface area contributed by atoms with Crippen LogP contribution in [0.25, 0.3) is 23.3 Å². The van der Waals surface area contributed by atoms with Crippen molar-refractivity contribution in [3.63, 3.8) is 0 Å². The number of nitrogens with one attached hydrogen (secondary N) is 2. The Labute approximate surface area is 171 Å². The number of aromatic amines is 2. The quantitative estimate of drug-likeness (QED) is 0.549. The second-order valence-corrected chi connectivity index (χ2v) is 7.07. The largest absolute Gasteiger partial charge is 0.477 e. The Balaban J connectivity index is 0.000000186. The minimum Gasteiger partial charge on any atom is -0.477 e. The lowest BCUT2D eigenvalue weighted by Crippen LogP contribution is -2.33. The maximum atomic E-state index is 10.5. The summed E-state index contributed by atoms with van der Waals surface area (Å²) in [5, 5.41) is 11.3. The number of H-pyrrole nitrogens is 2. The van der Waals surface area contributed by atoms with Crippen molar-refractivity contribution in [2.24, 2.45) is 0 Å². The van der Waals surface area contributed by atoms with Crippen molar-refractivity contribution < 1.29 is 15.4 Å². The zero-order valence-corrected chi connectivity index (χ0v) is 16.2. The molecule has 2 aromatic carbocycles. The molecule has 154 valence electrons. The van der Waals surface area contributed by atoms with Crippen LogP contribution in [0.15, 0.2) is 52.1 Å². The highest BCUT2D eigenvalue weighted by Gasteiger charge is 2.13. The number of hydrogen-bond acceptors (Lipinski definition) is 3. The Morgan fingerprint density at radius 3 is 2.47 bits per heavy atom. The number of fused-ring (bicyclic) bond motifs is 5. The van der Waals surface area contributed by atoms with Crippen molar-refractivity contribution in [1.82, 2.24) is 9.97 Å². The number of hydrogen-bond donors (Lipinski definition) is 3. The fourth-order valence-corrected chi connectivity index (χ4v) is 3.89. The molecule has 0 radical (unpaired) electrons. The number of carbonyl (C=O) groups is 1. The molecule has 5 rings (SSSR count). The fourth-order valence-electron chi connectivity index (χ4n) is 3.89. The fraction of sp³-hybridized carbons (Fsp3) is 0.174. The van der Waals surface area contributed by atoms with E-state index in [1.54, 1.807) is 0 Å². The standard InChI is InChI=1S/C18H16.C5H4N2O4.H2O/c1-3-7-15-13(5-1)9-11-18-16-8-4-2-6-14(16)10-12-17(15)18;8-3-1-2(4(9)10)6-5(11)7-3;/h1,3,5,7-8,10-12H,2,4,6,9H2;1H,(H,9,10)(H2,6,7,8,11);1H2. The third-order valence-corrected chi connectivity index (χ3v) is 5.20. The van der Waals surface area contributed by atoms with Gasteiger partial charge in [0.05, 0.1) is 0 Å². The summed E-state index contributed by atoms with van der Waals surface area (Å²) in [5.74, 6) is -1.34. The van der Waals surface area contributed by atoms with Crippen LogP contribution in [0.5, 0.6) is 0 Å². The molecule has 0 atom stereocenters. The summed E-state index contributed by atoms with van der Waals surface area (Å²) >= 11 is 0. The van der Waals surface area contributed by atoms with Gasteiger partial charge in [-0.1, -0.05) is 48.6 Å². The monoisotopic (exact) mass is 406 g/mol. The van der Waals surface area contributed by atoms with Crippen LogP contribution in [-0.4, -0.2) is 26.5 Å². The highest BCUT2D eigenvalue weighted by molar-refractivity contribution is 5.84. The number of aromatic nitrogens is 2. The lowest BCUT2D eigenvalue weighted by Gasteiger charge is -2.17. The van der Waals surface area contributed by atoms with Crippen molar-refractivity contribution in [3.8, 4) is 11.1 Å². The van der Waals surface area contributed by atoms with Crippen molar-refractivity contribution in [1.29, 1.82) is 0 Å². The van der Waals surface area contributed by atoms with E-state index in [0.29, 0.717) is 0 Å². The number of rotatable bonds is 1. The Morgan fingerprint density at radius 1 is 0.900 bits per heavy atom. The number of aryl methyl sites for hydroxylation is 1. The van der Waals surface area contributed by atoms with Gasteiger partial charge >= 0.3 is 11.7 Å². The molecule has 0 saturated heterocycles. The van der Waals surface area contributed by atoms with E-state index in [0.717, 1.165) is 12.5 Å². The van der Waals surface area contributed by atoms with Gasteiger partial charge in [-0.25, -0.2) is 9.59 Å². The SMILES string of the molecule is C1=c2c(ccc3c2=CCc2ccccc2-3)CCC1.O.O=C(O)c1cc(=O)[nH]c(=O)[nH]1. The molecule has 0 aliphatic heterocycles. The summed E-state index contributed by atoms with van der Waals surface area (Å²) in [6, 6.07) is 14.2. The molecule has 1 aromatic heterocycles. The van der Waals surface area contributed by atoms with Crippen LogP contribution < -0.4 is 21.7 Å². The zero-order valence-electron chi connectivity index (χ0n) is 16.2. The minimum absolute atomic E-state index is 0. The molecule has 2 aliphatic rings. The van der Waals surface area contributed by atoms with Gasteiger partial charge in [0.1, 0.15) is 5.69 Å². The maximum absolute atomic E-state index is 10.5. The van der Waals surface area contributed by atoms with Gasteiger partial charge < -0.3 is 15.6 Å². The molecule has 0 bridgehead atoms. The highest BCUT2D eigenvalue weighted by atomic mass is 16.4. The second-order valence-electron chi connectivity index (χ2n) is 7.07. The van der Waals surface area contributed by atoms with Gasteiger partial charge in [-0.15, -0.1) is 0 Å². The van der Waals surface area contributed by atoms with Crippen LogP contribution in [-0.2, 0) is 12.8 Å². The van der Waals surface area contributed by atoms with Gasteiger partial charge in [0, 0.05) is 6.07 Å². The molecule has 1 heterocycles. The van der Waals surface area contributed by atoms with E-state index in [1.807, 2.05) is 9.97 Å². The van der Waals surface area contributed by atoms with Gasteiger partial charge in [0.15, 0.2) is 0 Å². The van der Waals surface area contributed by atoms with E-state index in [4.69, 9.17) is 5.11 Å².